The van der Waals surface area contributed by atoms with Crippen molar-refractivity contribution in [3.8, 4) is 5.69 Å². The molecule has 0 bridgehead atoms. The van der Waals surface area contributed by atoms with Crippen molar-refractivity contribution < 1.29 is 4.79 Å². The first kappa shape index (κ1) is 18.7. The Morgan fingerprint density at radius 3 is 2.82 bits per heavy atom. The van der Waals surface area contributed by atoms with Gasteiger partial charge in [0.2, 0.25) is 0 Å². The van der Waals surface area contributed by atoms with Crippen LogP contribution in [0.5, 0.6) is 0 Å². The maximum Gasteiger partial charge on any atom is 0.255 e. The highest BCUT2D eigenvalue weighted by Crippen LogP contribution is 2.42. The highest BCUT2D eigenvalue weighted by Gasteiger charge is 2.34. The topological polar surface area (TPSA) is 59.8 Å². The Morgan fingerprint density at radius 2 is 2.14 bits per heavy atom. The van der Waals surface area contributed by atoms with E-state index in [1.165, 1.54) is 0 Å². The molecule has 1 amide bonds. The second-order valence-corrected chi connectivity index (χ2v) is 7.60. The third kappa shape index (κ3) is 3.94. The van der Waals surface area contributed by atoms with Gasteiger partial charge in [-0.3, -0.25) is 9.78 Å². The van der Waals surface area contributed by atoms with E-state index in [2.05, 4.69) is 17.2 Å². The molecule has 1 fully saturated rings. The summed E-state index contributed by atoms with van der Waals surface area (Å²) in [6.45, 7) is 2.56. The predicted octanol–water partition coefficient (Wildman–Crippen LogP) is 4.68. The summed E-state index contributed by atoms with van der Waals surface area (Å²) in [5, 5.41) is 8.58. The molecule has 1 aromatic carbocycles. The van der Waals surface area contributed by atoms with Crippen LogP contribution in [0.15, 0.2) is 48.8 Å². The molecule has 2 heterocycles. The lowest BCUT2D eigenvalue weighted by atomic mass is 10.1. The smallest absolute Gasteiger partial charge is 0.255 e. The van der Waals surface area contributed by atoms with Crippen LogP contribution in [0.4, 0.5) is 0 Å². The summed E-state index contributed by atoms with van der Waals surface area (Å²) in [6, 6.07) is 11.5. The van der Waals surface area contributed by atoms with E-state index >= 15 is 0 Å². The monoisotopic (exact) mass is 394 g/mol. The molecule has 1 aliphatic rings. The quantitative estimate of drug-likeness (QED) is 0.632. The minimum atomic E-state index is -0.0671. The van der Waals surface area contributed by atoms with Crippen molar-refractivity contribution in [2.24, 2.45) is 0 Å². The maximum atomic E-state index is 13.2. The summed E-state index contributed by atoms with van der Waals surface area (Å²) in [4.78, 5) is 17.3. The second kappa shape index (κ2) is 8.15. The van der Waals surface area contributed by atoms with Crippen LogP contribution in [0.25, 0.3) is 5.69 Å². The molecule has 1 N–H and O–H groups in total. The fourth-order valence-corrected chi connectivity index (χ4v) is 3.61. The van der Waals surface area contributed by atoms with Gasteiger partial charge >= 0.3 is 0 Å². The van der Waals surface area contributed by atoms with E-state index in [-0.39, 0.29) is 5.91 Å². The van der Waals surface area contributed by atoms with Crippen LogP contribution in [-0.2, 0) is 13.0 Å². The highest BCUT2D eigenvalue weighted by atomic mass is 35.5. The molecular formula is C22H23ClN4O. The Kier molecular flexibility index (Phi) is 5.44. The van der Waals surface area contributed by atoms with E-state index in [0.717, 1.165) is 53.9 Å². The number of carbonyl (C=O) groups excluding carboxylic acids is 1. The minimum absolute atomic E-state index is 0.0671. The van der Waals surface area contributed by atoms with Crippen LogP contribution in [0.3, 0.4) is 0 Å². The number of hydrogen-bond donors (Lipinski definition) is 1. The van der Waals surface area contributed by atoms with Gasteiger partial charge in [-0.25, -0.2) is 4.68 Å². The molecular weight excluding hydrogens is 372 g/mol. The van der Waals surface area contributed by atoms with Crippen LogP contribution >= 0.6 is 11.6 Å². The standard InChI is InChI=1S/C22H23ClN4O/c1-2-5-19-20(22(28)25-14-15-6-4-11-24-13-15)21(16-9-10-16)26-27(19)18-8-3-7-17(23)12-18/h3-4,6-8,11-13,16H,2,5,9-10,14H2,1H3,(H,25,28). The Labute approximate surface area is 169 Å². The van der Waals surface area contributed by atoms with E-state index in [0.29, 0.717) is 17.5 Å². The van der Waals surface area contributed by atoms with Crippen LogP contribution in [-0.4, -0.2) is 20.7 Å². The van der Waals surface area contributed by atoms with E-state index < -0.39 is 0 Å². The number of nitrogens with zero attached hydrogens (tertiary/aromatic N) is 3. The highest BCUT2D eigenvalue weighted by molar-refractivity contribution is 6.30. The molecule has 3 aromatic rings. The number of amides is 1. The molecule has 144 valence electrons. The van der Waals surface area contributed by atoms with Gasteiger partial charge in [0.1, 0.15) is 0 Å². The largest absolute Gasteiger partial charge is 0.348 e. The van der Waals surface area contributed by atoms with Gasteiger partial charge in [0.25, 0.3) is 5.91 Å². The second-order valence-electron chi connectivity index (χ2n) is 7.17. The van der Waals surface area contributed by atoms with E-state index in [1.54, 1.807) is 12.4 Å². The average molecular weight is 395 g/mol. The molecule has 28 heavy (non-hydrogen) atoms. The summed E-state index contributed by atoms with van der Waals surface area (Å²) in [5.41, 5.74) is 4.46. The lowest BCUT2D eigenvalue weighted by molar-refractivity contribution is 0.0949. The van der Waals surface area contributed by atoms with Crippen molar-refractivity contribution in [1.29, 1.82) is 0 Å². The maximum absolute atomic E-state index is 13.2. The van der Waals surface area contributed by atoms with Crippen molar-refractivity contribution in [3.05, 3.63) is 76.3 Å². The first-order valence-corrected chi connectivity index (χ1v) is 10.1. The number of benzene rings is 1. The van der Waals surface area contributed by atoms with Crippen molar-refractivity contribution in [3.63, 3.8) is 0 Å². The number of pyridine rings is 1. The molecule has 2 aromatic heterocycles. The molecule has 0 unspecified atom stereocenters. The fourth-order valence-electron chi connectivity index (χ4n) is 3.42. The van der Waals surface area contributed by atoms with Crippen molar-refractivity contribution in [1.82, 2.24) is 20.1 Å². The number of hydrogen-bond acceptors (Lipinski definition) is 3. The van der Waals surface area contributed by atoms with Gasteiger partial charge in [-0.1, -0.05) is 37.1 Å². The molecule has 1 saturated carbocycles. The molecule has 0 radical (unpaired) electrons. The van der Waals surface area contributed by atoms with Crippen molar-refractivity contribution in [2.45, 2.75) is 45.1 Å². The van der Waals surface area contributed by atoms with Gasteiger partial charge in [-0.2, -0.15) is 5.10 Å². The zero-order chi connectivity index (χ0) is 19.5. The molecule has 0 atom stereocenters. The van der Waals surface area contributed by atoms with Crippen LogP contribution < -0.4 is 5.32 Å². The predicted molar refractivity (Wildman–Crippen MR) is 110 cm³/mol. The van der Waals surface area contributed by atoms with Crippen molar-refractivity contribution in [2.75, 3.05) is 0 Å². The molecule has 0 saturated heterocycles. The van der Waals surface area contributed by atoms with Gasteiger partial charge in [0, 0.05) is 29.9 Å². The number of nitrogens with one attached hydrogen (secondary N) is 1. The Balaban J connectivity index is 1.71. The van der Waals surface area contributed by atoms with Crippen LogP contribution in [0.1, 0.15) is 59.4 Å². The number of carbonyl (C=O) groups is 1. The lowest BCUT2D eigenvalue weighted by Gasteiger charge is -2.10. The molecule has 0 spiro atoms. The summed E-state index contributed by atoms with van der Waals surface area (Å²) in [6.07, 6.45) is 7.37. The lowest BCUT2D eigenvalue weighted by Crippen LogP contribution is -2.25. The normalized spacial score (nSPS) is 13.5. The fraction of sp³-hybridized carbons (Fsp3) is 0.318. The SMILES string of the molecule is CCCc1c(C(=O)NCc2cccnc2)c(C2CC2)nn1-c1cccc(Cl)c1. The average Bonchev–Trinajstić information content (AvgIpc) is 3.49. The zero-order valence-corrected chi connectivity index (χ0v) is 16.6. The van der Waals surface area contributed by atoms with E-state index in [4.69, 9.17) is 16.7 Å². The summed E-state index contributed by atoms with van der Waals surface area (Å²) < 4.78 is 1.90. The van der Waals surface area contributed by atoms with Gasteiger partial charge in [0.15, 0.2) is 0 Å². The molecule has 5 nitrogen and oxygen atoms in total. The minimum Gasteiger partial charge on any atom is -0.348 e. The third-order valence-electron chi connectivity index (χ3n) is 4.91. The molecule has 6 heteroatoms. The van der Waals surface area contributed by atoms with E-state index in [1.807, 2.05) is 41.1 Å². The number of aromatic nitrogens is 3. The Hall–Kier alpha value is -2.66. The molecule has 4 rings (SSSR count). The summed E-state index contributed by atoms with van der Waals surface area (Å²) in [7, 11) is 0. The Morgan fingerprint density at radius 1 is 1.29 bits per heavy atom. The Bertz CT molecular complexity index is 979. The first-order chi connectivity index (χ1) is 13.7. The van der Waals surface area contributed by atoms with Crippen molar-refractivity contribution >= 4 is 17.5 Å². The molecule has 0 aliphatic heterocycles. The third-order valence-corrected chi connectivity index (χ3v) is 5.15. The van der Waals surface area contributed by atoms with Gasteiger partial charge < -0.3 is 5.32 Å². The van der Waals surface area contributed by atoms with Crippen LogP contribution in [0.2, 0.25) is 5.02 Å². The number of halogens is 1. The van der Waals surface area contributed by atoms with Crippen LogP contribution in [0, 0.1) is 0 Å². The van der Waals surface area contributed by atoms with E-state index in [9.17, 15) is 4.79 Å². The first-order valence-electron chi connectivity index (χ1n) is 9.72. The zero-order valence-electron chi connectivity index (χ0n) is 15.9. The number of rotatable bonds is 7. The summed E-state index contributed by atoms with van der Waals surface area (Å²) in [5.74, 6) is 0.303. The van der Waals surface area contributed by atoms with Gasteiger partial charge in [0.05, 0.1) is 22.6 Å². The van der Waals surface area contributed by atoms with Gasteiger partial charge in [-0.15, -0.1) is 0 Å². The van der Waals surface area contributed by atoms with Gasteiger partial charge in [-0.05, 0) is 49.1 Å². The summed E-state index contributed by atoms with van der Waals surface area (Å²) >= 11 is 6.20. The molecule has 1 aliphatic carbocycles.